The molecule has 3 N–H and O–H groups in total. The topological polar surface area (TPSA) is 116 Å². The average molecular weight is 577 g/mol. The Morgan fingerprint density at radius 2 is 1.60 bits per heavy atom. The number of benzene rings is 3. The summed E-state index contributed by atoms with van der Waals surface area (Å²) >= 11 is 0. The maximum absolute atomic E-state index is 13.1. The molecule has 0 saturated heterocycles. The molecule has 3 amide bonds. The Labute approximate surface area is 239 Å². The number of urea groups is 1. The molecule has 216 valence electrons. The van der Waals surface area contributed by atoms with Gasteiger partial charge in [-0.3, -0.25) is 14.5 Å². The standard InChI is InChI=1S/C30H27F3N6O3/c1-18-7-10-24(37-28(41)21-5-4-6-22(14-21)30(31,32)33)15-25(18)38-29(42)39(3)27-16-26(34-17-35-27)36-23-11-8-20(9-12-23)13-19(2)40/h4-12,14-17H,13H2,1-3H3,(H,37,41)(H,38,42)(H,34,35,36). The molecule has 12 heteroatoms. The summed E-state index contributed by atoms with van der Waals surface area (Å²) < 4.78 is 39.1. The zero-order chi connectivity index (χ0) is 30.4. The lowest BCUT2D eigenvalue weighted by atomic mass is 10.1. The lowest BCUT2D eigenvalue weighted by molar-refractivity contribution is -0.137. The summed E-state index contributed by atoms with van der Waals surface area (Å²) in [5, 5.41) is 8.46. The summed E-state index contributed by atoms with van der Waals surface area (Å²) in [6, 6.07) is 17.2. The molecule has 3 aromatic carbocycles. The maximum atomic E-state index is 13.1. The average Bonchev–Trinajstić information content (AvgIpc) is 2.95. The summed E-state index contributed by atoms with van der Waals surface area (Å²) in [6.07, 6.45) is -2.92. The van der Waals surface area contributed by atoms with E-state index in [0.717, 1.165) is 29.4 Å². The first kappa shape index (κ1) is 29.7. The third-order valence-electron chi connectivity index (χ3n) is 6.17. The molecule has 0 fully saturated rings. The van der Waals surface area contributed by atoms with Crippen molar-refractivity contribution in [3.63, 3.8) is 0 Å². The molecule has 4 aromatic rings. The van der Waals surface area contributed by atoms with Crippen molar-refractivity contribution in [2.24, 2.45) is 0 Å². The number of carbonyl (C=O) groups is 3. The highest BCUT2D eigenvalue weighted by molar-refractivity contribution is 6.05. The van der Waals surface area contributed by atoms with Crippen LogP contribution in [0.4, 0.5) is 46.7 Å². The zero-order valence-electron chi connectivity index (χ0n) is 22.9. The maximum Gasteiger partial charge on any atom is 0.416 e. The first-order valence-corrected chi connectivity index (χ1v) is 12.7. The minimum atomic E-state index is -4.58. The highest BCUT2D eigenvalue weighted by atomic mass is 19.4. The number of aromatic nitrogens is 2. The van der Waals surface area contributed by atoms with Crippen molar-refractivity contribution in [1.82, 2.24) is 9.97 Å². The van der Waals surface area contributed by atoms with E-state index in [0.29, 0.717) is 29.3 Å². The van der Waals surface area contributed by atoms with Crippen LogP contribution in [0.5, 0.6) is 0 Å². The van der Waals surface area contributed by atoms with Gasteiger partial charge in [0.05, 0.1) is 5.56 Å². The van der Waals surface area contributed by atoms with Crippen LogP contribution in [-0.2, 0) is 17.4 Å². The Kier molecular flexibility index (Phi) is 8.84. The van der Waals surface area contributed by atoms with Crippen molar-refractivity contribution in [2.75, 3.05) is 27.9 Å². The Morgan fingerprint density at radius 1 is 0.881 bits per heavy atom. The van der Waals surface area contributed by atoms with E-state index in [4.69, 9.17) is 0 Å². The number of Topliss-reactive ketones (excluding diaryl/α,β-unsaturated/α-hetero) is 1. The van der Waals surface area contributed by atoms with Gasteiger partial charge in [0.25, 0.3) is 5.91 Å². The third kappa shape index (κ3) is 7.68. The van der Waals surface area contributed by atoms with Crippen LogP contribution in [0.2, 0.25) is 0 Å². The molecule has 0 spiro atoms. The van der Waals surface area contributed by atoms with Gasteiger partial charge >= 0.3 is 12.2 Å². The fourth-order valence-electron chi connectivity index (χ4n) is 3.92. The molecule has 9 nitrogen and oxygen atoms in total. The molecule has 4 rings (SSSR count). The van der Waals surface area contributed by atoms with Crippen molar-refractivity contribution in [1.29, 1.82) is 0 Å². The van der Waals surface area contributed by atoms with Crippen molar-refractivity contribution in [2.45, 2.75) is 26.4 Å². The van der Waals surface area contributed by atoms with E-state index in [9.17, 15) is 27.6 Å². The first-order chi connectivity index (χ1) is 19.9. The second-order valence-electron chi connectivity index (χ2n) is 9.51. The van der Waals surface area contributed by atoms with Gasteiger partial charge in [-0.05, 0) is 67.4 Å². The zero-order valence-corrected chi connectivity index (χ0v) is 22.9. The minimum Gasteiger partial charge on any atom is -0.340 e. The summed E-state index contributed by atoms with van der Waals surface area (Å²) in [7, 11) is 1.52. The van der Waals surface area contributed by atoms with Crippen LogP contribution in [-0.4, -0.2) is 34.7 Å². The lowest BCUT2D eigenvalue weighted by Gasteiger charge is -2.19. The number of alkyl halides is 3. The number of nitrogens with zero attached hydrogens (tertiary/aromatic N) is 3. The highest BCUT2D eigenvalue weighted by Crippen LogP contribution is 2.30. The first-order valence-electron chi connectivity index (χ1n) is 12.7. The van der Waals surface area contributed by atoms with Gasteiger partial charge in [-0.15, -0.1) is 0 Å². The summed E-state index contributed by atoms with van der Waals surface area (Å²) in [4.78, 5) is 46.6. The van der Waals surface area contributed by atoms with Crippen LogP contribution < -0.4 is 20.9 Å². The molecule has 0 radical (unpaired) electrons. The molecule has 0 aliphatic rings. The predicted octanol–water partition coefficient (Wildman–Crippen LogP) is 6.60. The molecule has 0 aliphatic carbocycles. The number of carbonyl (C=O) groups excluding carboxylic acids is 3. The number of ketones is 1. The number of hydrogen-bond donors (Lipinski definition) is 3. The molecule has 0 bridgehead atoms. The Morgan fingerprint density at radius 3 is 2.29 bits per heavy atom. The monoisotopic (exact) mass is 576 g/mol. The molecule has 0 saturated carbocycles. The van der Waals surface area contributed by atoms with E-state index < -0.39 is 23.7 Å². The van der Waals surface area contributed by atoms with E-state index in [2.05, 4.69) is 25.9 Å². The van der Waals surface area contributed by atoms with Crippen molar-refractivity contribution < 1.29 is 27.6 Å². The van der Waals surface area contributed by atoms with Crippen LogP contribution in [0.25, 0.3) is 0 Å². The smallest absolute Gasteiger partial charge is 0.340 e. The van der Waals surface area contributed by atoms with Crippen molar-refractivity contribution in [3.05, 3.63) is 101 Å². The van der Waals surface area contributed by atoms with Gasteiger partial charge in [0.1, 0.15) is 23.7 Å². The molecule has 1 heterocycles. The minimum absolute atomic E-state index is 0.0688. The second kappa shape index (κ2) is 12.5. The molecule has 1 aromatic heterocycles. The molecule has 0 unspecified atom stereocenters. The number of anilines is 5. The summed E-state index contributed by atoms with van der Waals surface area (Å²) in [5.74, 6) is 0.0763. The third-order valence-corrected chi connectivity index (χ3v) is 6.17. The van der Waals surface area contributed by atoms with Crippen LogP contribution in [0, 0.1) is 6.92 Å². The summed E-state index contributed by atoms with van der Waals surface area (Å²) in [6.45, 7) is 3.28. The van der Waals surface area contributed by atoms with Crippen LogP contribution >= 0.6 is 0 Å². The van der Waals surface area contributed by atoms with Gasteiger partial charge in [0.15, 0.2) is 0 Å². The molecular weight excluding hydrogens is 549 g/mol. The molecular formula is C30H27F3N6O3. The Bertz CT molecular complexity index is 1620. The number of amides is 3. The van der Waals surface area contributed by atoms with Crippen LogP contribution in [0.15, 0.2) is 79.1 Å². The van der Waals surface area contributed by atoms with Crippen LogP contribution in [0.1, 0.15) is 34.0 Å². The fraction of sp³-hybridized carbons (Fsp3) is 0.167. The summed E-state index contributed by atoms with van der Waals surface area (Å²) in [5.41, 5.74) is 1.89. The number of nitrogens with one attached hydrogen (secondary N) is 3. The fourth-order valence-corrected chi connectivity index (χ4v) is 3.92. The second-order valence-corrected chi connectivity index (χ2v) is 9.51. The van der Waals surface area contributed by atoms with E-state index in [1.807, 2.05) is 24.3 Å². The van der Waals surface area contributed by atoms with Gasteiger partial charge < -0.3 is 16.0 Å². The van der Waals surface area contributed by atoms with Crippen molar-refractivity contribution >= 4 is 46.4 Å². The highest BCUT2D eigenvalue weighted by Gasteiger charge is 2.31. The largest absolute Gasteiger partial charge is 0.416 e. The number of halogens is 3. The molecule has 0 aliphatic heterocycles. The lowest BCUT2D eigenvalue weighted by Crippen LogP contribution is -2.32. The van der Waals surface area contributed by atoms with Gasteiger partial charge in [-0.1, -0.05) is 24.3 Å². The quantitative estimate of drug-likeness (QED) is 0.218. The van der Waals surface area contributed by atoms with Gasteiger partial charge in [-0.2, -0.15) is 13.2 Å². The molecule has 42 heavy (non-hydrogen) atoms. The van der Waals surface area contributed by atoms with E-state index >= 15 is 0 Å². The van der Waals surface area contributed by atoms with E-state index in [1.54, 1.807) is 25.1 Å². The number of hydrogen-bond acceptors (Lipinski definition) is 6. The van der Waals surface area contributed by atoms with Gasteiger partial charge in [-0.25, -0.2) is 14.8 Å². The Hall–Kier alpha value is -5.26. The SMILES string of the molecule is CC(=O)Cc1ccc(Nc2cc(N(C)C(=O)Nc3cc(NC(=O)c4cccc(C(F)(F)F)c4)ccc3C)ncn2)cc1. The Balaban J connectivity index is 1.43. The number of aryl methyl sites for hydroxylation is 1. The van der Waals surface area contributed by atoms with E-state index in [-0.39, 0.29) is 17.0 Å². The van der Waals surface area contributed by atoms with Gasteiger partial charge in [0, 0.05) is 42.2 Å². The molecule has 0 atom stereocenters. The number of rotatable bonds is 8. The normalized spacial score (nSPS) is 11.0. The predicted molar refractivity (Wildman–Crippen MR) is 154 cm³/mol. The van der Waals surface area contributed by atoms with Gasteiger partial charge in [0.2, 0.25) is 0 Å². The van der Waals surface area contributed by atoms with Crippen molar-refractivity contribution in [3.8, 4) is 0 Å². The van der Waals surface area contributed by atoms with E-state index in [1.165, 1.54) is 37.3 Å². The van der Waals surface area contributed by atoms with Crippen LogP contribution in [0.3, 0.4) is 0 Å².